The normalized spacial score (nSPS) is 11.4. The molecule has 0 spiro atoms. The molecule has 0 saturated heterocycles. The van der Waals surface area contributed by atoms with Crippen LogP contribution in [-0.2, 0) is 0 Å². The maximum Gasteiger partial charge on any atom is 0.255 e. The first-order valence-corrected chi connectivity index (χ1v) is 8.98. The van der Waals surface area contributed by atoms with Crippen LogP contribution >= 0.6 is 0 Å². The van der Waals surface area contributed by atoms with Crippen LogP contribution in [0, 0.1) is 0 Å². The minimum atomic E-state index is -0.293. The number of amides is 2. The second-order valence-electron chi connectivity index (χ2n) is 6.33. The molecule has 2 N–H and O–H groups in total. The van der Waals surface area contributed by atoms with E-state index in [-0.39, 0.29) is 17.9 Å². The molecule has 0 aliphatic heterocycles. The number of rotatable bonds is 6. The second kappa shape index (κ2) is 8.86. The molecule has 3 aromatic carbocycles. The Kier molecular flexibility index (Phi) is 6.07. The Morgan fingerprint density at radius 3 is 2.14 bits per heavy atom. The van der Waals surface area contributed by atoms with Gasteiger partial charge in [-0.15, -0.1) is 0 Å². The Morgan fingerprint density at radius 1 is 0.821 bits per heavy atom. The number of carbonyl (C=O) groups excluding carboxylic acids is 2. The first kappa shape index (κ1) is 19.2. The Morgan fingerprint density at radius 2 is 1.46 bits per heavy atom. The molecular weight excluding hydrogens is 352 g/mol. The first-order chi connectivity index (χ1) is 13.6. The number of nitrogens with one attached hydrogen (secondary N) is 2. The number of anilines is 1. The summed E-state index contributed by atoms with van der Waals surface area (Å²) in [4.78, 5) is 25.3. The quantitative estimate of drug-likeness (QED) is 0.670. The molecule has 0 heterocycles. The van der Waals surface area contributed by atoms with E-state index in [4.69, 9.17) is 4.74 Å². The van der Waals surface area contributed by atoms with Gasteiger partial charge < -0.3 is 15.4 Å². The van der Waals surface area contributed by atoms with Crippen molar-refractivity contribution in [2.45, 2.75) is 13.0 Å². The predicted molar refractivity (Wildman–Crippen MR) is 110 cm³/mol. The van der Waals surface area contributed by atoms with Crippen molar-refractivity contribution >= 4 is 17.5 Å². The third-order valence-electron chi connectivity index (χ3n) is 4.42. The summed E-state index contributed by atoms with van der Waals surface area (Å²) in [5.74, 6) is 0.132. The highest BCUT2D eigenvalue weighted by atomic mass is 16.5. The van der Waals surface area contributed by atoms with Gasteiger partial charge in [-0.2, -0.15) is 0 Å². The van der Waals surface area contributed by atoms with Crippen molar-refractivity contribution in [3.05, 3.63) is 95.6 Å². The van der Waals surface area contributed by atoms with E-state index in [2.05, 4.69) is 10.6 Å². The minimum Gasteiger partial charge on any atom is -0.497 e. The van der Waals surface area contributed by atoms with Crippen LogP contribution < -0.4 is 15.4 Å². The summed E-state index contributed by atoms with van der Waals surface area (Å²) in [5, 5.41) is 5.79. The first-order valence-electron chi connectivity index (χ1n) is 8.98. The smallest absolute Gasteiger partial charge is 0.255 e. The monoisotopic (exact) mass is 374 g/mol. The molecule has 0 fully saturated rings. The van der Waals surface area contributed by atoms with Crippen LogP contribution in [-0.4, -0.2) is 18.9 Å². The van der Waals surface area contributed by atoms with E-state index in [0.717, 1.165) is 5.56 Å². The number of para-hydroxylation sites is 1. The van der Waals surface area contributed by atoms with Gasteiger partial charge in [-0.05, 0) is 48.9 Å². The van der Waals surface area contributed by atoms with Crippen LogP contribution in [0.4, 0.5) is 5.69 Å². The van der Waals surface area contributed by atoms with Gasteiger partial charge in [0.2, 0.25) is 0 Å². The fourth-order valence-electron chi connectivity index (χ4n) is 2.83. The largest absolute Gasteiger partial charge is 0.497 e. The molecule has 5 nitrogen and oxygen atoms in total. The van der Waals surface area contributed by atoms with Crippen LogP contribution in [0.25, 0.3) is 0 Å². The molecule has 142 valence electrons. The van der Waals surface area contributed by atoms with Gasteiger partial charge in [-0.25, -0.2) is 0 Å². The number of ether oxygens (including phenoxy) is 1. The molecule has 0 radical (unpaired) electrons. The molecule has 0 aromatic heterocycles. The van der Waals surface area contributed by atoms with E-state index in [1.807, 2.05) is 37.3 Å². The van der Waals surface area contributed by atoms with Gasteiger partial charge in [0, 0.05) is 5.56 Å². The number of carbonyl (C=O) groups is 2. The van der Waals surface area contributed by atoms with E-state index in [1.165, 1.54) is 0 Å². The fourth-order valence-corrected chi connectivity index (χ4v) is 2.83. The molecule has 0 saturated carbocycles. The molecule has 0 unspecified atom stereocenters. The lowest BCUT2D eigenvalue weighted by molar-refractivity contribution is 0.0941. The predicted octanol–water partition coefficient (Wildman–Crippen LogP) is 4.44. The highest BCUT2D eigenvalue weighted by Crippen LogP contribution is 2.19. The van der Waals surface area contributed by atoms with Gasteiger partial charge in [0.25, 0.3) is 11.8 Å². The lowest BCUT2D eigenvalue weighted by Crippen LogP contribution is -2.28. The average Bonchev–Trinajstić information content (AvgIpc) is 2.74. The van der Waals surface area contributed by atoms with Crippen LogP contribution in [0.15, 0.2) is 78.9 Å². The highest BCUT2D eigenvalue weighted by Gasteiger charge is 2.16. The zero-order valence-electron chi connectivity index (χ0n) is 15.8. The zero-order valence-corrected chi connectivity index (χ0v) is 15.8. The molecule has 1 atom stereocenters. The third-order valence-corrected chi connectivity index (χ3v) is 4.42. The van der Waals surface area contributed by atoms with E-state index < -0.39 is 0 Å². The van der Waals surface area contributed by atoms with Gasteiger partial charge in [-0.3, -0.25) is 9.59 Å². The van der Waals surface area contributed by atoms with Gasteiger partial charge >= 0.3 is 0 Å². The Hall–Kier alpha value is -3.60. The Labute approximate surface area is 164 Å². The van der Waals surface area contributed by atoms with Crippen LogP contribution in [0.5, 0.6) is 5.75 Å². The maximum atomic E-state index is 12.8. The molecule has 3 aromatic rings. The average molecular weight is 374 g/mol. The molecule has 0 bridgehead atoms. The molecule has 0 aliphatic rings. The topological polar surface area (TPSA) is 67.4 Å². The van der Waals surface area contributed by atoms with Crippen molar-refractivity contribution in [1.29, 1.82) is 0 Å². The number of hydrogen-bond acceptors (Lipinski definition) is 3. The van der Waals surface area contributed by atoms with Crippen molar-refractivity contribution in [1.82, 2.24) is 5.32 Å². The van der Waals surface area contributed by atoms with Crippen LogP contribution in [0.3, 0.4) is 0 Å². The van der Waals surface area contributed by atoms with E-state index in [9.17, 15) is 9.59 Å². The SMILES string of the molecule is COc1ccc(C(=O)Nc2ccccc2C(=O)N[C@@H](C)c2ccccc2)cc1. The maximum absolute atomic E-state index is 12.8. The molecule has 3 rings (SSSR count). The number of benzene rings is 3. The molecule has 0 aliphatic carbocycles. The van der Waals surface area contributed by atoms with Gasteiger partial charge in [0.15, 0.2) is 0 Å². The van der Waals surface area contributed by atoms with Crippen LogP contribution in [0.1, 0.15) is 39.2 Å². The lowest BCUT2D eigenvalue weighted by Gasteiger charge is -2.16. The van der Waals surface area contributed by atoms with Crippen molar-refractivity contribution < 1.29 is 14.3 Å². The lowest BCUT2D eigenvalue weighted by atomic mass is 10.1. The van der Waals surface area contributed by atoms with Crippen molar-refractivity contribution in [2.24, 2.45) is 0 Å². The summed E-state index contributed by atoms with van der Waals surface area (Å²) in [6, 6.07) is 23.3. The summed E-state index contributed by atoms with van der Waals surface area (Å²) in [7, 11) is 1.57. The summed E-state index contributed by atoms with van der Waals surface area (Å²) >= 11 is 0. The van der Waals surface area contributed by atoms with Gasteiger partial charge in [0.05, 0.1) is 24.4 Å². The summed E-state index contributed by atoms with van der Waals surface area (Å²) in [5.41, 5.74) is 2.36. The van der Waals surface area contributed by atoms with E-state index in [0.29, 0.717) is 22.6 Å². The minimum absolute atomic E-state index is 0.154. The van der Waals surface area contributed by atoms with Crippen LogP contribution in [0.2, 0.25) is 0 Å². The van der Waals surface area contributed by atoms with Gasteiger partial charge in [0.1, 0.15) is 5.75 Å². The Balaban J connectivity index is 1.74. The molecule has 28 heavy (non-hydrogen) atoms. The molecular formula is C23H22N2O3. The molecule has 5 heteroatoms. The van der Waals surface area contributed by atoms with Crippen molar-refractivity contribution in [3.63, 3.8) is 0 Å². The summed E-state index contributed by atoms with van der Waals surface area (Å²) in [6.45, 7) is 1.92. The fraction of sp³-hybridized carbons (Fsp3) is 0.130. The summed E-state index contributed by atoms with van der Waals surface area (Å²) in [6.07, 6.45) is 0. The van der Waals surface area contributed by atoms with Crippen molar-refractivity contribution in [3.8, 4) is 5.75 Å². The zero-order chi connectivity index (χ0) is 19.9. The standard InChI is InChI=1S/C23H22N2O3/c1-16(17-8-4-3-5-9-17)24-23(27)20-10-6-7-11-21(20)25-22(26)18-12-14-19(28-2)15-13-18/h3-16H,1-2H3,(H,24,27)(H,25,26)/t16-/m0/s1. The highest BCUT2D eigenvalue weighted by molar-refractivity contribution is 6.09. The molecule has 2 amide bonds. The Bertz CT molecular complexity index is 953. The summed E-state index contributed by atoms with van der Waals surface area (Å²) < 4.78 is 5.11. The number of hydrogen-bond donors (Lipinski definition) is 2. The number of methoxy groups -OCH3 is 1. The second-order valence-corrected chi connectivity index (χ2v) is 6.33. The van der Waals surface area contributed by atoms with Crippen molar-refractivity contribution in [2.75, 3.05) is 12.4 Å². The third kappa shape index (κ3) is 4.57. The van der Waals surface area contributed by atoms with Gasteiger partial charge in [-0.1, -0.05) is 42.5 Å². The van der Waals surface area contributed by atoms with E-state index >= 15 is 0 Å². The van der Waals surface area contributed by atoms with E-state index in [1.54, 1.807) is 55.6 Å².